The predicted octanol–water partition coefficient (Wildman–Crippen LogP) is 4.86. The molecule has 5 nitrogen and oxygen atoms in total. The molecule has 7 heteroatoms. The molecule has 1 aromatic carbocycles. The van der Waals surface area contributed by atoms with Crippen molar-refractivity contribution in [3.05, 3.63) is 50.4 Å². The molecule has 0 amide bonds. The van der Waals surface area contributed by atoms with Crippen molar-refractivity contribution in [2.45, 2.75) is 26.2 Å². The Morgan fingerprint density at radius 2 is 2.00 bits per heavy atom. The number of fused-ring (bicyclic) bond motifs is 3. The first-order valence-corrected chi connectivity index (χ1v) is 10.3. The minimum atomic E-state index is -0.123. The maximum absolute atomic E-state index is 12.8. The van der Waals surface area contributed by atoms with Gasteiger partial charge in [0.2, 0.25) is 0 Å². The van der Waals surface area contributed by atoms with E-state index in [-0.39, 0.29) is 5.56 Å². The Morgan fingerprint density at radius 1 is 1.29 bits per heavy atom. The lowest BCUT2D eigenvalue weighted by molar-refractivity contribution is 0.394. The number of aromatic nitrogens is 2. The number of nitrogens with zero attached hydrogens (tertiary/aromatic N) is 1. The molecule has 0 saturated carbocycles. The number of hydrogen-bond donors (Lipinski definition) is 1. The molecule has 1 aliphatic rings. The van der Waals surface area contributed by atoms with Gasteiger partial charge in [0.15, 0.2) is 5.82 Å². The number of nitrogens with one attached hydrogen (secondary N) is 1. The van der Waals surface area contributed by atoms with Crippen LogP contribution in [0.5, 0.6) is 11.5 Å². The van der Waals surface area contributed by atoms with Gasteiger partial charge in [0.05, 0.1) is 24.6 Å². The predicted molar refractivity (Wildman–Crippen MR) is 115 cm³/mol. The van der Waals surface area contributed by atoms with Crippen LogP contribution in [0.2, 0.25) is 0 Å². The second-order valence-corrected chi connectivity index (χ2v) is 8.58. The van der Waals surface area contributed by atoms with Crippen LogP contribution in [0.1, 0.15) is 35.2 Å². The fraction of sp³-hybridized carbons (Fsp3) is 0.333. The van der Waals surface area contributed by atoms with E-state index in [1.807, 2.05) is 12.1 Å². The number of H-pyrrole nitrogens is 1. The Hall–Kier alpha value is -2.31. The molecule has 1 aliphatic carbocycles. The van der Waals surface area contributed by atoms with E-state index in [9.17, 15) is 4.79 Å². The summed E-state index contributed by atoms with van der Waals surface area (Å²) in [6, 6.07) is 5.47. The lowest BCUT2D eigenvalue weighted by atomic mass is 9.89. The number of aryl methyl sites for hydroxylation is 1. The largest absolute Gasteiger partial charge is 0.497 e. The maximum atomic E-state index is 12.8. The van der Waals surface area contributed by atoms with Gasteiger partial charge in [-0.25, -0.2) is 4.98 Å². The number of hydrogen-bond acceptors (Lipinski definition) is 5. The average molecular weight is 417 g/mol. The normalized spacial score (nSPS) is 16.9. The summed E-state index contributed by atoms with van der Waals surface area (Å²) in [7, 11) is 3.19. The van der Waals surface area contributed by atoms with Crippen LogP contribution in [0.3, 0.4) is 0 Å². The summed E-state index contributed by atoms with van der Waals surface area (Å²) in [5, 5.41) is 1.08. The summed E-state index contributed by atoms with van der Waals surface area (Å²) in [5.74, 6) is 2.33. The van der Waals surface area contributed by atoms with Crippen molar-refractivity contribution < 1.29 is 9.47 Å². The highest BCUT2D eigenvalue weighted by molar-refractivity contribution is 7.18. The first-order valence-electron chi connectivity index (χ1n) is 9.13. The van der Waals surface area contributed by atoms with Crippen LogP contribution in [-0.4, -0.2) is 24.2 Å². The Balaban J connectivity index is 1.77. The first-order chi connectivity index (χ1) is 13.5. The zero-order valence-electron chi connectivity index (χ0n) is 16.0. The van der Waals surface area contributed by atoms with Crippen LogP contribution in [0.15, 0.2) is 23.0 Å². The van der Waals surface area contributed by atoms with E-state index in [0.29, 0.717) is 28.3 Å². The molecular weight excluding hydrogens is 396 g/mol. The minimum Gasteiger partial charge on any atom is -0.497 e. The van der Waals surface area contributed by atoms with Gasteiger partial charge in [0.25, 0.3) is 5.56 Å². The van der Waals surface area contributed by atoms with Crippen molar-refractivity contribution in [3.63, 3.8) is 0 Å². The van der Waals surface area contributed by atoms with Crippen LogP contribution in [0.25, 0.3) is 21.3 Å². The van der Waals surface area contributed by atoms with Gasteiger partial charge in [-0.15, -0.1) is 11.3 Å². The fourth-order valence-corrected chi connectivity index (χ4v) is 5.19. The summed E-state index contributed by atoms with van der Waals surface area (Å²) in [4.78, 5) is 22.3. The quantitative estimate of drug-likeness (QED) is 0.659. The van der Waals surface area contributed by atoms with Crippen molar-refractivity contribution in [2.24, 2.45) is 5.92 Å². The molecule has 2 aromatic heterocycles. The van der Waals surface area contributed by atoms with E-state index in [0.717, 1.165) is 40.6 Å². The zero-order valence-corrected chi connectivity index (χ0v) is 17.5. The minimum absolute atomic E-state index is 0.123. The summed E-state index contributed by atoms with van der Waals surface area (Å²) in [6.07, 6.45) is 4.80. The zero-order chi connectivity index (χ0) is 19.8. The molecule has 0 saturated heterocycles. The molecule has 0 radical (unpaired) electrons. The Morgan fingerprint density at radius 3 is 2.68 bits per heavy atom. The van der Waals surface area contributed by atoms with E-state index in [1.54, 1.807) is 37.7 Å². The third kappa shape index (κ3) is 3.54. The summed E-state index contributed by atoms with van der Waals surface area (Å²) >= 11 is 8.12. The molecule has 146 valence electrons. The van der Waals surface area contributed by atoms with Gasteiger partial charge in [0, 0.05) is 10.9 Å². The van der Waals surface area contributed by atoms with E-state index in [1.165, 1.54) is 4.88 Å². The molecule has 1 N–H and O–H groups in total. The van der Waals surface area contributed by atoms with E-state index in [4.69, 9.17) is 21.1 Å². The highest BCUT2D eigenvalue weighted by Gasteiger charge is 2.23. The molecule has 1 atom stereocenters. The monoisotopic (exact) mass is 416 g/mol. The van der Waals surface area contributed by atoms with E-state index >= 15 is 0 Å². The first kappa shape index (κ1) is 19.0. The molecule has 1 unspecified atom stereocenters. The third-order valence-corrected chi connectivity index (χ3v) is 6.50. The highest BCUT2D eigenvalue weighted by Crippen LogP contribution is 2.36. The second-order valence-electron chi connectivity index (χ2n) is 7.08. The summed E-state index contributed by atoms with van der Waals surface area (Å²) in [6.45, 7) is 2.25. The van der Waals surface area contributed by atoms with Crippen LogP contribution in [0, 0.1) is 5.92 Å². The molecule has 3 aromatic rings. The van der Waals surface area contributed by atoms with Crippen molar-refractivity contribution in [2.75, 3.05) is 14.2 Å². The van der Waals surface area contributed by atoms with Gasteiger partial charge in [-0.3, -0.25) is 4.79 Å². The summed E-state index contributed by atoms with van der Waals surface area (Å²) < 4.78 is 10.6. The van der Waals surface area contributed by atoms with Crippen molar-refractivity contribution in [1.82, 2.24) is 9.97 Å². The SMILES string of the molecule is COc1cc(C=C(Cl)c2nc3sc4c(c3c(=O)[nH]2)CCC(C)C4)cc(OC)c1. The van der Waals surface area contributed by atoms with Gasteiger partial charge in [-0.05, 0) is 54.5 Å². The smallest absolute Gasteiger partial charge is 0.260 e. The number of halogens is 1. The van der Waals surface area contributed by atoms with Crippen LogP contribution >= 0.6 is 22.9 Å². The van der Waals surface area contributed by atoms with Gasteiger partial charge >= 0.3 is 0 Å². The van der Waals surface area contributed by atoms with Gasteiger partial charge in [-0.1, -0.05) is 18.5 Å². The van der Waals surface area contributed by atoms with Crippen molar-refractivity contribution in [1.29, 1.82) is 0 Å². The number of benzene rings is 1. The number of thiophene rings is 1. The Kier molecular flexibility index (Phi) is 5.17. The molecule has 28 heavy (non-hydrogen) atoms. The number of methoxy groups -OCH3 is 2. The third-order valence-electron chi connectivity index (χ3n) is 5.06. The lowest BCUT2D eigenvalue weighted by Crippen LogP contribution is -2.14. The molecule has 0 fully saturated rings. The van der Waals surface area contributed by atoms with Gasteiger partial charge in [-0.2, -0.15) is 0 Å². The molecular formula is C21H21ClN2O3S. The standard InChI is InChI=1S/C21H21ClN2O3S/c1-11-4-5-15-17(6-11)28-21-18(15)20(25)23-19(24-21)16(22)9-12-7-13(26-2)10-14(8-12)27-3/h7-11H,4-6H2,1-3H3,(H,23,24,25). The van der Waals surface area contributed by atoms with Gasteiger partial charge < -0.3 is 14.5 Å². The highest BCUT2D eigenvalue weighted by atomic mass is 35.5. The molecule has 2 heterocycles. The fourth-order valence-electron chi connectivity index (χ4n) is 3.59. The van der Waals surface area contributed by atoms with Crippen LogP contribution in [0.4, 0.5) is 0 Å². The Bertz CT molecular complexity index is 1110. The Labute approximate surface area is 172 Å². The second kappa shape index (κ2) is 7.60. The number of aromatic amines is 1. The molecule has 0 spiro atoms. The summed E-state index contributed by atoms with van der Waals surface area (Å²) in [5.41, 5.74) is 1.83. The average Bonchev–Trinajstić information content (AvgIpc) is 3.05. The van der Waals surface area contributed by atoms with Crippen LogP contribution in [-0.2, 0) is 12.8 Å². The maximum Gasteiger partial charge on any atom is 0.260 e. The van der Waals surface area contributed by atoms with Crippen molar-refractivity contribution >= 4 is 44.3 Å². The molecule has 0 bridgehead atoms. The molecule has 0 aliphatic heterocycles. The lowest BCUT2D eigenvalue weighted by Gasteiger charge is -2.17. The van der Waals surface area contributed by atoms with Gasteiger partial charge in [0.1, 0.15) is 16.3 Å². The molecule has 4 rings (SSSR count). The van der Waals surface area contributed by atoms with Crippen LogP contribution < -0.4 is 15.0 Å². The van der Waals surface area contributed by atoms with Crippen molar-refractivity contribution in [3.8, 4) is 11.5 Å². The number of rotatable bonds is 4. The topological polar surface area (TPSA) is 64.2 Å². The van der Waals surface area contributed by atoms with E-state index in [2.05, 4.69) is 16.9 Å². The van der Waals surface area contributed by atoms with E-state index < -0.39 is 0 Å². The number of ether oxygens (including phenoxy) is 2.